The van der Waals surface area contributed by atoms with Crippen LogP contribution in [0.4, 0.5) is 0 Å². The maximum atomic E-state index is 12.7. The van der Waals surface area contributed by atoms with Gasteiger partial charge >= 0.3 is 0 Å². The van der Waals surface area contributed by atoms with Crippen LogP contribution in [0.5, 0.6) is 0 Å². The molecule has 1 N–H and O–H groups in total. The topological polar surface area (TPSA) is 75.9 Å². The van der Waals surface area contributed by atoms with Crippen LogP contribution in [0.2, 0.25) is 0 Å². The van der Waals surface area contributed by atoms with Crippen molar-refractivity contribution in [2.24, 2.45) is 0 Å². The second kappa shape index (κ2) is 10.3. The number of piperidine rings is 1. The normalized spacial score (nSPS) is 16.7. The van der Waals surface area contributed by atoms with Gasteiger partial charge in [0.1, 0.15) is 5.82 Å². The summed E-state index contributed by atoms with van der Waals surface area (Å²) >= 11 is 0. The van der Waals surface area contributed by atoms with Gasteiger partial charge in [-0.05, 0) is 52.6 Å². The molecule has 0 saturated carbocycles. The molecule has 0 aliphatic carbocycles. The molecule has 1 fully saturated rings. The van der Waals surface area contributed by atoms with E-state index >= 15 is 0 Å². The number of nitrogens with one attached hydrogen (secondary N) is 1. The monoisotopic (exact) mass is 446 g/mol. The average molecular weight is 447 g/mol. The molecule has 0 bridgehead atoms. The molecule has 1 atom stereocenters. The number of likely N-dealkylation sites (tertiary alicyclic amines) is 1. The van der Waals surface area contributed by atoms with Gasteiger partial charge < -0.3 is 5.32 Å². The van der Waals surface area contributed by atoms with Crippen LogP contribution in [0.25, 0.3) is 0 Å². The van der Waals surface area contributed by atoms with E-state index in [0.29, 0.717) is 12.1 Å². The maximum absolute atomic E-state index is 12.7. The highest BCUT2D eigenvalue weighted by Gasteiger charge is 2.26. The molecule has 0 radical (unpaired) electrons. The van der Waals surface area contributed by atoms with Gasteiger partial charge in [0.2, 0.25) is 0 Å². The molecule has 4 rings (SSSR count). The summed E-state index contributed by atoms with van der Waals surface area (Å²) in [4.78, 5) is 24.5. The molecule has 3 heterocycles. The molecule has 2 aromatic heterocycles. The predicted molar refractivity (Wildman–Crippen MR) is 129 cm³/mol. The van der Waals surface area contributed by atoms with Gasteiger partial charge in [0.05, 0.1) is 17.0 Å². The minimum Gasteiger partial charge on any atom is -0.348 e. The van der Waals surface area contributed by atoms with E-state index in [1.165, 1.54) is 11.3 Å². The molecule has 1 aliphatic heterocycles. The summed E-state index contributed by atoms with van der Waals surface area (Å²) in [5, 5.41) is 7.64. The molecule has 0 spiro atoms. The van der Waals surface area contributed by atoms with Crippen LogP contribution in [0.3, 0.4) is 0 Å². The molecule has 1 saturated heterocycles. The Kier molecular flexibility index (Phi) is 7.18. The lowest BCUT2D eigenvalue weighted by atomic mass is 9.96. The third-order valence-corrected chi connectivity index (χ3v) is 6.62. The fourth-order valence-corrected chi connectivity index (χ4v) is 4.68. The van der Waals surface area contributed by atoms with Crippen LogP contribution in [-0.4, -0.2) is 43.6 Å². The number of aromatic nitrogens is 4. The lowest BCUT2D eigenvalue weighted by Gasteiger charge is -2.32. The summed E-state index contributed by atoms with van der Waals surface area (Å²) in [6.45, 7) is 12.6. The molecule has 1 aliphatic rings. The molecule has 174 valence electrons. The molecular formula is C26H34N6O. The van der Waals surface area contributed by atoms with Gasteiger partial charge in [-0.1, -0.05) is 30.3 Å². The number of hydrogen-bond donors (Lipinski definition) is 1. The Morgan fingerprint density at radius 2 is 1.94 bits per heavy atom. The Bertz CT molecular complexity index is 1110. The first-order valence-corrected chi connectivity index (χ1v) is 11.9. The first-order chi connectivity index (χ1) is 16.0. The summed E-state index contributed by atoms with van der Waals surface area (Å²) in [6.07, 6.45) is 3.88. The van der Waals surface area contributed by atoms with Crippen LogP contribution < -0.4 is 5.32 Å². The third kappa shape index (κ3) is 5.30. The van der Waals surface area contributed by atoms with Crippen molar-refractivity contribution in [3.63, 3.8) is 0 Å². The largest absolute Gasteiger partial charge is 0.348 e. The first-order valence-electron chi connectivity index (χ1n) is 11.9. The van der Waals surface area contributed by atoms with Gasteiger partial charge in [0, 0.05) is 49.6 Å². The van der Waals surface area contributed by atoms with Crippen molar-refractivity contribution in [3.8, 4) is 0 Å². The second-order valence-electron chi connectivity index (χ2n) is 8.93. The minimum absolute atomic E-state index is 0.132. The van der Waals surface area contributed by atoms with Crippen LogP contribution >= 0.6 is 0 Å². The van der Waals surface area contributed by atoms with Gasteiger partial charge in [-0.2, -0.15) is 5.10 Å². The van der Waals surface area contributed by atoms with Gasteiger partial charge in [-0.25, -0.2) is 9.97 Å². The van der Waals surface area contributed by atoms with E-state index in [-0.39, 0.29) is 11.8 Å². The minimum atomic E-state index is -0.132. The Hall–Kier alpha value is -3.06. The highest BCUT2D eigenvalue weighted by Crippen LogP contribution is 2.27. The number of amides is 1. The van der Waals surface area contributed by atoms with Crippen molar-refractivity contribution in [2.75, 3.05) is 13.1 Å². The highest BCUT2D eigenvalue weighted by atomic mass is 16.1. The molecule has 1 amide bonds. The zero-order valence-electron chi connectivity index (χ0n) is 20.1. The fourth-order valence-electron chi connectivity index (χ4n) is 4.68. The zero-order valence-corrected chi connectivity index (χ0v) is 20.1. The lowest BCUT2D eigenvalue weighted by Crippen LogP contribution is -2.35. The van der Waals surface area contributed by atoms with Crippen molar-refractivity contribution in [1.82, 2.24) is 30.0 Å². The Morgan fingerprint density at radius 3 is 2.64 bits per heavy atom. The molecule has 3 aromatic rings. The average Bonchev–Trinajstić information content (AvgIpc) is 3.11. The summed E-state index contributed by atoms with van der Waals surface area (Å²) in [6, 6.07) is 9.90. The summed E-state index contributed by atoms with van der Waals surface area (Å²) < 4.78 is 2.08. The lowest BCUT2D eigenvalue weighted by molar-refractivity contribution is 0.0949. The Balaban J connectivity index is 1.41. The van der Waals surface area contributed by atoms with E-state index in [2.05, 4.69) is 45.8 Å². The van der Waals surface area contributed by atoms with E-state index in [4.69, 9.17) is 4.98 Å². The summed E-state index contributed by atoms with van der Waals surface area (Å²) in [5.74, 6) is 0.988. The molecule has 7 nitrogen and oxygen atoms in total. The van der Waals surface area contributed by atoms with E-state index in [9.17, 15) is 4.79 Å². The van der Waals surface area contributed by atoms with Crippen LogP contribution in [0, 0.1) is 20.8 Å². The van der Waals surface area contributed by atoms with Crippen molar-refractivity contribution in [3.05, 3.63) is 76.1 Å². The van der Waals surface area contributed by atoms with Crippen molar-refractivity contribution in [1.29, 1.82) is 0 Å². The molecule has 1 unspecified atom stereocenters. The first kappa shape index (κ1) is 23.1. The zero-order chi connectivity index (χ0) is 23.4. The smallest absolute Gasteiger partial charge is 0.254 e. The molecular weight excluding hydrogens is 412 g/mol. The van der Waals surface area contributed by atoms with Gasteiger partial charge in [0.15, 0.2) is 0 Å². The van der Waals surface area contributed by atoms with Crippen molar-refractivity contribution < 1.29 is 4.79 Å². The number of hydrogen-bond acceptors (Lipinski definition) is 5. The summed E-state index contributed by atoms with van der Waals surface area (Å²) in [7, 11) is 0. The Labute approximate surface area is 196 Å². The number of aryl methyl sites for hydroxylation is 3. The third-order valence-electron chi connectivity index (χ3n) is 6.62. The number of nitrogens with zero attached hydrogens (tertiary/aromatic N) is 5. The quantitative estimate of drug-likeness (QED) is 0.595. The second-order valence-corrected chi connectivity index (χ2v) is 8.93. The maximum Gasteiger partial charge on any atom is 0.254 e. The molecule has 1 aromatic carbocycles. The van der Waals surface area contributed by atoms with Crippen molar-refractivity contribution >= 4 is 5.91 Å². The van der Waals surface area contributed by atoms with Crippen molar-refractivity contribution in [2.45, 2.75) is 66.1 Å². The van der Waals surface area contributed by atoms with Gasteiger partial charge in [0.25, 0.3) is 5.91 Å². The summed E-state index contributed by atoms with van der Waals surface area (Å²) in [5.41, 5.74) is 6.06. The van der Waals surface area contributed by atoms with Gasteiger partial charge in [-0.15, -0.1) is 0 Å². The van der Waals surface area contributed by atoms with E-state index in [1.54, 1.807) is 6.20 Å². The Morgan fingerprint density at radius 1 is 1.15 bits per heavy atom. The van der Waals surface area contributed by atoms with Gasteiger partial charge in [-0.3, -0.25) is 14.4 Å². The number of carbonyl (C=O) groups excluding carboxylic acids is 1. The number of rotatable bonds is 7. The fraction of sp³-hybridized carbons (Fsp3) is 0.462. The van der Waals surface area contributed by atoms with E-state index in [1.807, 2.05) is 37.3 Å². The molecule has 7 heteroatoms. The van der Waals surface area contributed by atoms with E-state index in [0.717, 1.165) is 61.8 Å². The highest BCUT2D eigenvalue weighted by molar-refractivity contribution is 5.94. The SMILES string of the molecule is CCn1nc(C)c(CN2CCCC(c3ncc(C(=O)NCc4ccccc4)c(C)n3)C2)c1C. The number of carbonyl (C=O) groups is 1. The van der Waals surface area contributed by atoms with E-state index < -0.39 is 0 Å². The standard InChI is InChI=1S/C26H34N6O/c1-5-32-20(4)24(19(3)30-32)17-31-13-9-12-22(16-31)25-27-15-23(18(2)29-25)26(33)28-14-21-10-7-6-8-11-21/h6-8,10-11,15,22H,5,9,12-14,16-17H2,1-4H3,(H,28,33). The number of benzene rings is 1. The predicted octanol–water partition coefficient (Wildman–Crippen LogP) is 3.93. The molecule has 33 heavy (non-hydrogen) atoms. The van der Waals surface area contributed by atoms with Crippen LogP contribution in [0.15, 0.2) is 36.5 Å². The van der Waals surface area contributed by atoms with Crippen LogP contribution in [-0.2, 0) is 19.6 Å². The van der Waals surface area contributed by atoms with Crippen LogP contribution in [0.1, 0.15) is 70.1 Å².